The molecule has 0 aromatic carbocycles. The van der Waals surface area contributed by atoms with E-state index in [9.17, 15) is 0 Å². The lowest BCUT2D eigenvalue weighted by molar-refractivity contribution is 0.149. The number of hydrogen-bond donors (Lipinski definition) is 1. The monoisotopic (exact) mass is 295 g/mol. The van der Waals surface area contributed by atoms with Crippen molar-refractivity contribution in [1.29, 1.82) is 0 Å². The minimum atomic E-state index is 0.405. The number of aryl methyl sites for hydroxylation is 1. The zero-order chi connectivity index (χ0) is 14.6. The van der Waals surface area contributed by atoms with E-state index in [-0.39, 0.29) is 0 Å². The molecule has 1 aromatic heterocycles. The maximum atomic E-state index is 4.58. The predicted molar refractivity (Wildman–Crippen MR) is 87.2 cm³/mol. The van der Waals surface area contributed by atoms with Crippen LogP contribution in [0.5, 0.6) is 0 Å². The van der Waals surface area contributed by atoms with Gasteiger partial charge < -0.3 is 5.32 Å². The highest BCUT2D eigenvalue weighted by molar-refractivity contribution is 7.09. The SMILES string of the molecule is CCC(CC)(CNC1CC1)CN(C)Cc1csc(C)n1. The van der Waals surface area contributed by atoms with Crippen LogP contribution in [0.3, 0.4) is 0 Å². The van der Waals surface area contributed by atoms with Crippen molar-refractivity contribution in [2.75, 3.05) is 20.1 Å². The van der Waals surface area contributed by atoms with Gasteiger partial charge in [0.2, 0.25) is 0 Å². The first kappa shape index (κ1) is 15.9. The number of nitrogens with zero attached hydrogens (tertiary/aromatic N) is 2. The molecule has 1 saturated carbocycles. The van der Waals surface area contributed by atoms with Gasteiger partial charge in [-0.2, -0.15) is 0 Å². The molecule has 2 rings (SSSR count). The van der Waals surface area contributed by atoms with E-state index < -0.39 is 0 Å². The molecule has 0 spiro atoms. The zero-order valence-electron chi connectivity index (χ0n) is 13.4. The van der Waals surface area contributed by atoms with Gasteiger partial charge in [0, 0.05) is 31.1 Å². The molecule has 0 bridgehead atoms. The van der Waals surface area contributed by atoms with Crippen molar-refractivity contribution in [2.45, 2.75) is 59.0 Å². The predicted octanol–water partition coefficient (Wildman–Crippen LogP) is 3.44. The van der Waals surface area contributed by atoms with Gasteiger partial charge in [0.25, 0.3) is 0 Å². The summed E-state index contributed by atoms with van der Waals surface area (Å²) in [6, 6.07) is 0.805. The summed E-state index contributed by atoms with van der Waals surface area (Å²) < 4.78 is 0. The Morgan fingerprint density at radius 1 is 1.40 bits per heavy atom. The van der Waals surface area contributed by atoms with Crippen LogP contribution in [-0.2, 0) is 6.54 Å². The van der Waals surface area contributed by atoms with Crippen molar-refractivity contribution in [3.8, 4) is 0 Å². The smallest absolute Gasteiger partial charge is 0.0897 e. The topological polar surface area (TPSA) is 28.2 Å². The van der Waals surface area contributed by atoms with E-state index in [0.29, 0.717) is 5.41 Å². The van der Waals surface area contributed by atoms with Crippen LogP contribution in [0.2, 0.25) is 0 Å². The van der Waals surface area contributed by atoms with Crippen molar-refractivity contribution in [2.24, 2.45) is 5.41 Å². The van der Waals surface area contributed by atoms with Crippen LogP contribution < -0.4 is 5.32 Å². The average molecular weight is 295 g/mol. The van der Waals surface area contributed by atoms with Gasteiger partial charge in [-0.1, -0.05) is 13.8 Å². The summed E-state index contributed by atoms with van der Waals surface area (Å²) in [4.78, 5) is 7.02. The van der Waals surface area contributed by atoms with Gasteiger partial charge in [-0.25, -0.2) is 4.98 Å². The van der Waals surface area contributed by atoms with Crippen LogP contribution in [0.15, 0.2) is 5.38 Å². The number of hydrogen-bond acceptors (Lipinski definition) is 4. The zero-order valence-corrected chi connectivity index (χ0v) is 14.2. The Bertz CT molecular complexity index is 408. The van der Waals surface area contributed by atoms with Gasteiger partial charge >= 0.3 is 0 Å². The average Bonchev–Trinajstić information content (AvgIpc) is 3.18. The Morgan fingerprint density at radius 3 is 2.60 bits per heavy atom. The second-order valence-corrected chi connectivity index (χ2v) is 7.45. The molecule has 1 N–H and O–H groups in total. The van der Waals surface area contributed by atoms with Crippen LogP contribution >= 0.6 is 11.3 Å². The van der Waals surface area contributed by atoms with Gasteiger partial charge in [0.15, 0.2) is 0 Å². The van der Waals surface area contributed by atoms with E-state index in [1.165, 1.54) is 36.4 Å². The van der Waals surface area contributed by atoms with E-state index in [2.05, 4.69) is 48.4 Å². The fourth-order valence-corrected chi connectivity index (χ4v) is 3.42. The van der Waals surface area contributed by atoms with Crippen molar-refractivity contribution in [3.05, 3.63) is 16.1 Å². The summed E-state index contributed by atoms with van der Waals surface area (Å²) in [5.41, 5.74) is 1.62. The molecule has 1 aromatic rings. The summed E-state index contributed by atoms with van der Waals surface area (Å²) in [7, 11) is 2.23. The summed E-state index contributed by atoms with van der Waals surface area (Å²) in [5.74, 6) is 0. The van der Waals surface area contributed by atoms with Crippen molar-refractivity contribution in [1.82, 2.24) is 15.2 Å². The fraction of sp³-hybridized carbons (Fsp3) is 0.812. The molecule has 0 radical (unpaired) electrons. The van der Waals surface area contributed by atoms with Crippen LogP contribution in [0.1, 0.15) is 50.2 Å². The summed E-state index contributed by atoms with van der Waals surface area (Å²) in [6.07, 6.45) is 5.22. The molecule has 1 heterocycles. The van der Waals surface area contributed by atoms with Gasteiger partial charge in [0.05, 0.1) is 10.7 Å². The lowest BCUT2D eigenvalue weighted by atomic mass is 9.81. The van der Waals surface area contributed by atoms with E-state index in [0.717, 1.165) is 25.7 Å². The Balaban J connectivity index is 1.88. The standard InChI is InChI=1S/C16H29N3S/c1-5-16(6-2,11-17-14-7-8-14)12-19(4)9-15-10-20-13(3)18-15/h10,14,17H,5-9,11-12H2,1-4H3. The van der Waals surface area contributed by atoms with E-state index in [4.69, 9.17) is 0 Å². The molecule has 0 aliphatic heterocycles. The number of rotatable bonds is 9. The highest BCUT2D eigenvalue weighted by atomic mass is 32.1. The third-order valence-electron chi connectivity index (χ3n) is 4.55. The van der Waals surface area contributed by atoms with E-state index in [1.54, 1.807) is 11.3 Å². The van der Waals surface area contributed by atoms with Gasteiger partial charge in [-0.05, 0) is 45.1 Å². The molecule has 1 aliphatic carbocycles. The van der Waals surface area contributed by atoms with Crippen LogP contribution in [-0.4, -0.2) is 36.1 Å². The molecule has 0 unspecified atom stereocenters. The molecule has 3 nitrogen and oxygen atoms in total. The molecule has 0 saturated heterocycles. The molecule has 0 atom stereocenters. The lowest BCUT2D eigenvalue weighted by Gasteiger charge is -2.36. The minimum Gasteiger partial charge on any atom is -0.313 e. The minimum absolute atomic E-state index is 0.405. The normalized spacial score (nSPS) is 16.1. The summed E-state index contributed by atoms with van der Waals surface area (Å²) in [6.45, 7) is 10.0. The second-order valence-electron chi connectivity index (χ2n) is 6.39. The van der Waals surface area contributed by atoms with Gasteiger partial charge in [-0.3, -0.25) is 4.90 Å². The Labute approximate surface area is 127 Å². The van der Waals surface area contributed by atoms with Gasteiger partial charge in [0.1, 0.15) is 0 Å². The fourth-order valence-electron chi connectivity index (χ4n) is 2.81. The first-order chi connectivity index (χ1) is 9.57. The highest BCUT2D eigenvalue weighted by Gasteiger charge is 2.30. The first-order valence-electron chi connectivity index (χ1n) is 7.90. The van der Waals surface area contributed by atoms with Crippen molar-refractivity contribution in [3.63, 3.8) is 0 Å². The Kier molecular flexibility index (Phi) is 5.58. The number of aromatic nitrogens is 1. The van der Waals surface area contributed by atoms with Crippen LogP contribution in [0, 0.1) is 12.3 Å². The van der Waals surface area contributed by atoms with E-state index in [1.807, 2.05) is 0 Å². The molecule has 114 valence electrons. The lowest BCUT2D eigenvalue weighted by Crippen LogP contribution is -2.42. The molecule has 4 heteroatoms. The second kappa shape index (κ2) is 7.01. The van der Waals surface area contributed by atoms with E-state index >= 15 is 0 Å². The van der Waals surface area contributed by atoms with Crippen molar-refractivity contribution >= 4 is 11.3 Å². The molecule has 20 heavy (non-hydrogen) atoms. The molecule has 0 amide bonds. The Morgan fingerprint density at radius 2 is 2.10 bits per heavy atom. The highest BCUT2D eigenvalue weighted by Crippen LogP contribution is 2.29. The maximum absolute atomic E-state index is 4.58. The van der Waals surface area contributed by atoms with Crippen LogP contribution in [0.4, 0.5) is 0 Å². The Hall–Kier alpha value is -0.450. The maximum Gasteiger partial charge on any atom is 0.0897 e. The molecular formula is C16H29N3S. The van der Waals surface area contributed by atoms with Crippen molar-refractivity contribution < 1.29 is 0 Å². The van der Waals surface area contributed by atoms with Crippen LogP contribution in [0.25, 0.3) is 0 Å². The van der Waals surface area contributed by atoms with Gasteiger partial charge in [-0.15, -0.1) is 11.3 Å². The number of nitrogens with one attached hydrogen (secondary N) is 1. The first-order valence-corrected chi connectivity index (χ1v) is 8.78. The third-order valence-corrected chi connectivity index (χ3v) is 5.37. The third kappa shape index (κ3) is 4.54. The number of thiazole rings is 1. The molecular weight excluding hydrogens is 266 g/mol. The summed E-state index contributed by atoms with van der Waals surface area (Å²) in [5, 5.41) is 7.09. The molecule has 1 fully saturated rings. The largest absolute Gasteiger partial charge is 0.313 e. The summed E-state index contributed by atoms with van der Waals surface area (Å²) >= 11 is 1.75. The quantitative estimate of drug-likeness (QED) is 0.756. The molecule has 1 aliphatic rings.